The van der Waals surface area contributed by atoms with Gasteiger partial charge in [0.25, 0.3) is 5.69 Å². The lowest BCUT2D eigenvalue weighted by molar-refractivity contribution is -0.384. The predicted molar refractivity (Wildman–Crippen MR) is 111 cm³/mol. The van der Waals surface area contributed by atoms with Gasteiger partial charge >= 0.3 is 11.9 Å². The molecule has 0 aromatic heterocycles. The van der Waals surface area contributed by atoms with E-state index in [0.717, 1.165) is 6.07 Å². The Hall–Kier alpha value is -4.04. The molecule has 0 saturated carbocycles. The lowest BCUT2D eigenvalue weighted by atomic mass is 10.1. The number of Topliss-reactive ketones (excluding diaryl/α,β-unsaturated/α-hetero) is 1. The molecule has 0 radical (unpaired) electrons. The Morgan fingerprint density at radius 2 is 1.48 bits per heavy atom. The van der Waals surface area contributed by atoms with Crippen LogP contribution < -0.4 is 4.74 Å². The summed E-state index contributed by atoms with van der Waals surface area (Å²) in [5, 5.41) is 10.8. The molecular formula is C22H14ClNO7. The molecule has 3 aromatic carbocycles. The topological polar surface area (TPSA) is 113 Å². The van der Waals surface area contributed by atoms with Crippen LogP contribution >= 0.6 is 11.6 Å². The fraction of sp³-hybridized carbons (Fsp3) is 0.0455. The molecule has 3 aromatic rings. The lowest BCUT2D eigenvalue weighted by Gasteiger charge is -2.07. The Labute approximate surface area is 181 Å². The SMILES string of the molecule is O=C(COC(=O)c1ccc(Cl)c([N+](=O)[O-])c1)c1ccc(OC(=O)c2ccccc2)cc1. The minimum Gasteiger partial charge on any atom is -0.454 e. The number of nitro groups is 1. The average molecular weight is 440 g/mol. The van der Waals surface area contributed by atoms with Crippen LogP contribution in [-0.4, -0.2) is 29.3 Å². The summed E-state index contributed by atoms with van der Waals surface area (Å²) in [6.07, 6.45) is 0. The van der Waals surface area contributed by atoms with Crippen LogP contribution in [0.5, 0.6) is 5.75 Å². The summed E-state index contributed by atoms with van der Waals surface area (Å²) in [5.74, 6) is -1.69. The van der Waals surface area contributed by atoms with Crippen molar-refractivity contribution in [1.29, 1.82) is 0 Å². The van der Waals surface area contributed by atoms with Crippen LogP contribution in [0.3, 0.4) is 0 Å². The first kappa shape index (κ1) is 21.7. The second-order valence-corrected chi connectivity index (χ2v) is 6.61. The van der Waals surface area contributed by atoms with E-state index in [0.29, 0.717) is 5.56 Å². The molecule has 3 rings (SSSR count). The number of hydrogen-bond acceptors (Lipinski definition) is 7. The van der Waals surface area contributed by atoms with E-state index in [2.05, 4.69) is 0 Å². The highest BCUT2D eigenvalue weighted by Crippen LogP contribution is 2.25. The average Bonchev–Trinajstić information content (AvgIpc) is 2.78. The van der Waals surface area contributed by atoms with Crippen LogP contribution in [0.15, 0.2) is 72.8 Å². The Morgan fingerprint density at radius 3 is 2.13 bits per heavy atom. The Balaban J connectivity index is 1.58. The van der Waals surface area contributed by atoms with Crippen molar-refractivity contribution in [3.63, 3.8) is 0 Å². The number of nitro benzene ring substituents is 1. The fourth-order valence-corrected chi connectivity index (χ4v) is 2.71. The molecule has 9 heteroatoms. The zero-order valence-electron chi connectivity index (χ0n) is 15.8. The third-order valence-corrected chi connectivity index (χ3v) is 4.43. The van der Waals surface area contributed by atoms with Crippen LogP contribution in [0.4, 0.5) is 5.69 Å². The summed E-state index contributed by atoms with van der Waals surface area (Å²) in [6, 6.07) is 17.6. The van der Waals surface area contributed by atoms with Crippen molar-refractivity contribution >= 4 is 35.0 Å². The summed E-state index contributed by atoms with van der Waals surface area (Å²) >= 11 is 5.70. The molecule has 0 aliphatic rings. The van der Waals surface area contributed by atoms with Gasteiger partial charge in [-0.2, -0.15) is 0 Å². The number of ketones is 1. The largest absolute Gasteiger partial charge is 0.454 e. The van der Waals surface area contributed by atoms with Gasteiger partial charge in [0.05, 0.1) is 16.1 Å². The summed E-state index contributed by atoms with van der Waals surface area (Å²) in [5.41, 5.74) is 0.0709. The summed E-state index contributed by atoms with van der Waals surface area (Å²) in [6.45, 7) is -0.571. The molecule has 31 heavy (non-hydrogen) atoms. The van der Waals surface area contributed by atoms with Crippen molar-refractivity contribution in [2.45, 2.75) is 0 Å². The number of ether oxygens (including phenoxy) is 2. The van der Waals surface area contributed by atoms with E-state index >= 15 is 0 Å². The van der Waals surface area contributed by atoms with Gasteiger partial charge in [0.1, 0.15) is 10.8 Å². The van der Waals surface area contributed by atoms with Gasteiger partial charge in [0.2, 0.25) is 0 Å². The highest BCUT2D eigenvalue weighted by molar-refractivity contribution is 6.32. The number of carbonyl (C=O) groups excluding carboxylic acids is 3. The van der Waals surface area contributed by atoms with Gasteiger partial charge in [-0.3, -0.25) is 14.9 Å². The van der Waals surface area contributed by atoms with E-state index in [9.17, 15) is 24.5 Å². The highest BCUT2D eigenvalue weighted by Gasteiger charge is 2.18. The first-order chi connectivity index (χ1) is 14.8. The zero-order valence-corrected chi connectivity index (χ0v) is 16.6. The standard InChI is InChI=1S/C22H14ClNO7/c23-18-11-8-16(12-19(18)24(28)29)21(26)30-13-20(25)14-6-9-17(10-7-14)31-22(27)15-4-2-1-3-5-15/h1-12H,13H2. The quantitative estimate of drug-likeness (QED) is 0.175. The molecule has 0 aliphatic heterocycles. The van der Waals surface area contributed by atoms with Crippen LogP contribution in [-0.2, 0) is 4.74 Å². The van der Waals surface area contributed by atoms with Crippen molar-refractivity contribution in [2.24, 2.45) is 0 Å². The van der Waals surface area contributed by atoms with Crippen molar-refractivity contribution in [1.82, 2.24) is 0 Å². The van der Waals surface area contributed by atoms with Crippen molar-refractivity contribution in [3.05, 3.63) is 105 Å². The maximum absolute atomic E-state index is 12.3. The zero-order chi connectivity index (χ0) is 22.4. The van der Waals surface area contributed by atoms with Gasteiger partial charge in [-0.05, 0) is 48.5 Å². The van der Waals surface area contributed by atoms with Crippen molar-refractivity contribution in [3.8, 4) is 5.75 Å². The molecule has 0 fully saturated rings. The first-order valence-electron chi connectivity index (χ1n) is 8.86. The van der Waals surface area contributed by atoms with Crippen LogP contribution in [0.2, 0.25) is 5.02 Å². The molecule has 0 spiro atoms. The molecule has 0 amide bonds. The summed E-state index contributed by atoms with van der Waals surface area (Å²) in [4.78, 5) is 46.5. The van der Waals surface area contributed by atoms with E-state index in [1.165, 1.54) is 36.4 Å². The Bertz CT molecular complexity index is 1140. The number of benzene rings is 3. The molecule has 0 aliphatic carbocycles. The number of rotatable bonds is 7. The van der Waals surface area contributed by atoms with Crippen LogP contribution in [0.25, 0.3) is 0 Å². The van der Waals surface area contributed by atoms with E-state index < -0.39 is 34.9 Å². The molecule has 0 N–H and O–H groups in total. The lowest BCUT2D eigenvalue weighted by Crippen LogP contribution is -2.14. The molecule has 0 atom stereocenters. The molecule has 0 bridgehead atoms. The molecule has 8 nitrogen and oxygen atoms in total. The minimum atomic E-state index is -0.901. The summed E-state index contributed by atoms with van der Waals surface area (Å²) < 4.78 is 10.2. The van der Waals surface area contributed by atoms with E-state index in [4.69, 9.17) is 21.1 Å². The van der Waals surface area contributed by atoms with E-state index in [1.54, 1.807) is 30.3 Å². The first-order valence-corrected chi connectivity index (χ1v) is 9.24. The highest BCUT2D eigenvalue weighted by atomic mass is 35.5. The molecular weight excluding hydrogens is 426 g/mol. The molecule has 0 unspecified atom stereocenters. The number of carbonyl (C=O) groups is 3. The normalized spacial score (nSPS) is 10.2. The minimum absolute atomic E-state index is 0.105. The number of esters is 2. The fourth-order valence-electron chi connectivity index (χ4n) is 2.53. The van der Waals surface area contributed by atoms with Crippen molar-refractivity contribution < 1.29 is 28.8 Å². The van der Waals surface area contributed by atoms with Crippen LogP contribution in [0.1, 0.15) is 31.1 Å². The number of hydrogen-bond donors (Lipinski definition) is 0. The van der Waals surface area contributed by atoms with E-state index in [1.807, 2.05) is 0 Å². The maximum Gasteiger partial charge on any atom is 0.343 e. The van der Waals surface area contributed by atoms with Gasteiger partial charge in [-0.25, -0.2) is 9.59 Å². The second kappa shape index (κ2) is 9.64. The number of halogens is 1. The van der Waals surface area contributed by atoms with Gasteiger partial charge in [0.15, 0.2) is 12.4 Å². The summed E-state index contributed by atoms with van der Waals surface area (Å²) in [7, 11) is 0. The van der Waals surface area contributed by atoms with Crippen molar-refractivity contribution in [2.75, 3.05) is 6.61 Å². The van der Waals surface area contributed by atoms with Gasteiger partial charge < -0.3 is 9.47 Å². The van der Waals surface area contributed by atoms with Gasteiger partial charge in [-0.15, -0.1) is 0 Å². The predicted octanol–water partition coefficient (Wildman–Crippen LogP) is 4.51. The van der Waals surface area contributed by atoms with Gasteiger partial charge in [0, 0.05) is 11.6 Å². The van der Waals surface area contributed by atoms with Gasteiger partial charge in [-0.1, -0.05) is 29.8 Å². The molecule has 0 heterocycles. The monoisotopic (exact) mass is 439 g/mol. The molecule has 156 valence electrons. The maximum atomic E-state index is 12.3. The number of nitrogens with zero attached hydrogens (tertiary/aromatic N) is 1. The Kier molecular flexibility index (Phi) is 6.74. The third-order valence-electron chi connectivity index (χ3n) is 4.11. The van der Waals surface area contributed by atoms with E-state index in [-0.39, 0.29) is 21.9 Å². The Morgan fingerprint density at radius 1 is 0.839 bits per heavy atom. The van der Waals surface area contributed by atoms with Crippen LogP contribution in [0, 0.1) is 10.1 Å². The second-order valence-electron chi connectivity index (χ2n) is 6.20. The molecule has 0 saturated heterocycles. The smallest absolute Gasteiger partial charge is 0.343 e. The third kappa shape index (κ3) is 5.52.